The second-order valence-electron chi connectivity index (χ2n) is 5.49. The second-order valence-corrected chi connectivity index (χ2v) is 5.49. The summed E-state index contributed by atoms with van der Waals surface area (Å²) in [6.07, 6.45) is -3.60. The normalized spacial score (nSPS) is 23.9. The third kappa shape index (κ3) is 3.70. The van der Waals surface area contributed by atoms with E-state index < -0.39 is 11.7 Å². The molecule has 0 radical (unpaired) electrons. The number of hydrogen-bond acceptors (Lipinski definition) is 2. The molecule has 1 saturated heterocycles. The molecule has 2 nitrogen and oxygen atoms in total. The van der Waals surface area contributed by atoms with E-state index in [9.17, 15) is 13.2 Å². The summed E-state index contributed by atoms with van der Waals surface area (Å²) in [6.45, 7) is 5.39. The van der Waals surface area contributed by atoms with Crippen molar-refractivity contribution in [2.45, 2.75) is 38.1 Å². The lowest BCUT2D eigenvalue weighted by molar-refractivity contribution is -0.137. The molecule has 0 amide bonds. The molecule has 5 heteroatoms. The third-order valence-corrected chi connectivity index (χ3v) is 3.42. The molecule has 1 N–H and O–H groups in total. The van der Waals surface area contributed by atoms with Gasteiger partial charge in [-0.25, -0.2) is 0 Å². The third-order valence-electron chi connectivity index (χ3n) is 3.42. The summed E-state index contributed by atoms with van der Waals surface area (Å²) in [5.41, 5.74) is 0.150. The number of hydrogen-bond donors (Lipinski definition) is 1. The molecule has 0 spiro atoms. The molecule has 1 atom stereocenters. The van der Waals surface area contributed by atoms with E-state index in [0.29, 0.717) is 13.2 Å². The molecule has 1 aliphatic heterocycles. The quantitative estimate of drug-likeness (QED) is 0.845. The van der Waals surface area contributed by atoms with E-state index in [1.807, 2.05) is 0 Å². The van der Waals surface area contributed by atoms with E-state index in [-0.39, 0.29) is 11.6 Å². The van der Waals surface area contributed by atoms with Crippen LogP contribution in [-0.2, 0) is 10.9 Å². The Morgan fingerprint density at radius 3 is 2.42 bits per heavy atom. The zero-order chi connectivity index (χ0) is 14.1. The van der Waals surface area contributed by atoms with Crippen molar-refractivity contribution in [1.82, 2.24) is 5.32 Å². The lowest BCUT2D eigenvalue weighted by Gasteiger charge is -2.23. The molecule has 2 rings (SSSR count). The summed E-state index contributed by atoms with van der Waals surface area (Å²) in [4.78, 5) is 0. The number of nitrogens with one attached hydrogen (secondary N) is 1. The summed E-state index contributed by atoms with van der Waals surface area (Å²) >= 11 is 0. The van der Waals surface area contributed by atoms with E-state index in [4.69, 9.17) is 4.74 Å². The highest BCUT2D eigenvalue weighted by molar-refractivity contribution is 5.26. The zero-order valence-corrected chi connectivity index (χ0v) is 11.1. The molecule has 1 heterocycles. The molecule has 0 aliphatic carbocycles. The minimum atomic E-state index is -4.29. The maximum Gasteiger partial charge on any atom is 0.416 e. The predicted octanol–water partition coefficient (Wildman–Crippen LogP) is 3.54. The number of ether oxygens (including phenoxy) is 1. The molecule has 19 heavy (non-hydrogen) atoms. The van der Waals surface area contributed by atoms with Crippen LogP contribution in [0, 0.1) is 0 Å². The van der Waals surface area contributed by atoms with Crippen LogP contribution in [0.5, 0.6) is 0 Å². The first-order valence-corrected chi connectivity index (χ1v) is 6.32. The topological polar surface area (TPSA) is 21.3 Å². The highest BCUT2D eigenvalue weighted by atomic mass is 19.4. The van der Waals surface area contributed by atoms with Gasteiger partial charge in [-0.3, -0.25) is 0 Å². The fourth-order valence-electron chi connectivity index (χ4n) is 2.07. The van der Waals surface area contributed by atoms with Crippen molar-refractivity contribution in [1.29, 1.82) is 0 Å². The maximum atomic E-state index is 12.5. The number of alkyl halides is 3. The van der Waals surface area contributed by atoms with Crippen molar-refractivity contribution in [3.63, 3.8) is 0 Å². The highest BCUT2D eigenvalue weighted by Crippen LogP contribution is 2.31. The van der Waals surface area contributed by atoms with Crippen molar-refractivity contribution < 1.29 is 17.9 Å². The first-order valence-electron chi connectivity index (χ1n) is 6.32. The van der Waals surface area contributed by atoms with Crippen LogP contribution in [0.1, 0.15) is 37.5 Å². The Bertz CT molecular complexity index is 425. The predicted molar refractivity (Wildman–Crippen MR) is 66.8 cm³/mol. The Hall–Kier alpha value is -1.07. The van der Waals surface area contributed by atoms with Gasteiger partial charge < -0.3 is 10.1 Å². The summed E-state index contributed by atoms with van der Waals surface area (Å²) in [6, 6.07) is 5.20. The van der Waals surface area contributed by atoms with Crippen LogP contribution < -0.4 is 5.32 Å². The molecule has 106 valence electrons. The highest BCUT2D eigenvalue weighted by Gasteiger charge is 2.31. The van der Waals surface area contributed by atoms with Gasteiger partial charge in [0.1, 0.15) is 0 Å². The van der Waals surface area contributed by atoms with Crippen LogP contribution in [0.3, 0.4) is 0 Å². The van der Waals surface area contributed by atoms with Crippen LogP contribution in [-0.4, -0.2) is 18.7 Å². The van der Waals surface area contributed by atoms with Crippen LogP contribution in [0.15, 0.2) is 24.3 Å². The molecule has 1 unspecified atom stereocenters. The number of rotatable bonds is 1. The SMILES string of the molecule is CC1(C)CCOC(c2ccc(C(F)(F)F)cc2)CN1. The molecular formula is C14H18F3NO. The lowest BCUT2D eigenvalue weighted by Crippen LogP contribution is -2.39. The van der Waals surface area contributed by atoms with Gasteiger partial charge in [0.05, 0.1) is 11.7 Å². The lowest BCUT2D eigenvalue weighted by atomic mass is 10.0. The standard InChI is InChI=1S/C14H18F3NO/c1-13(2)7-8-19-12(9-18-13)10-3-5-11(6-4-10)14(15,16)17/h3-6,12,18H,7-9H2,1-2H3. The van der Waals surface area contributed by atoms with E-state index in [1.54, 1.807) is 0 Å². The van der Waals surface area contributed by atoms with Gasteiger partial charge in [0, 0.05) is 18.7 Å². The summed E-state index contributed by atoms with van der Waals surface area (Å²) < 4.78 is 43.2. The van der Waals surface area contributed by atoms with Crippen LogP contribution in [0.4, 0.5) is 13.2 Å². The van der Waals surface area contributed by atoms with Gasteiger partial charge in [0.15, 0.2) is 0 Å². The molecule has 1 aromatic carbocycles. The molecule has 1 fully saturated rings. The molecule has 1 aromatic rings. The summed E-state index contributed by atoms with van der Waals surface area (Å²) in [7, 11) is 0. The maximum absolute atomic E-state index is 12.5. The number of halogens is 3. The summed E-state index contributed by atoms with van der Waals surface area (Å²) in [5.74, 6) is 0. The van der Waals surface area contributed by atoms with Crippen LogP contribution >= 0.6 is 0 Å². The Balaban J connectivity index is 2.10. The van der Waals surface area contributed by atoms with Crippen LogP contribution in [0.2, 0.25) is 0 Å². The van der Waals surface area contributed by atoms with Gasteiger partial charge in [-0.1, -0.05) is 12.1 Å². The van der Waals surface area contributed by atoms with Gasteiger partial charge in [0.25, 0.3) is 0 Å². The average Bonchev–Trinajstić information content (AvgIpc) is 2.49. The van der Waals surface area contributed by atoms with E-state index in [2.05, 4.69) is 19.2 Å². The van der Waals surface area contributed by atoms with Gasteiger partial charge >= 0.3 is 6.18 Å². The average molecular weight is 273 g/mol. The Kier molecular flexibility index (Phi) is 3.87. The Labute approximate surface area is 111 Å². The molecule has 0 saturated carbocycles. The summed E-state index contributed by atoms with van der Waals surface area (Å²) in [5, 5.41) is 3.37. The largest absolute Gasteiger partial charge is 0.416 e. The second kappa shape index (κ2) is 5.13. The zero-order valence-electron chi connectivity index (χ0n) is 11.1. The van der Waals surface area contributed by atoms with Gasteiger partial charge in [-0.15, -0.1) is 0 Å². The molecule has 0 bridgehead atoms. The van der Waals surface area contributed by atoms with Crippen LogP contribution in [0.25, 0.3) is 0 Å². The van der Waals surface area contributed by atoms with Gasteiger partial charge in [-0.2, -0.15) is 13.2 Å². The molecular weight excluding hydrogens is 255 g/mol. The van der Waals surface area contributed by atoms with Crippen molar-refractivity contribution in [3.8, 4) is 0 Å². The monoisotopic (exact) mass is 273 g/mol. The minimum absolute atomic E-state index is 0.000655. The smallest absolute Gasteiger partial charge is 0.372 e. The Morgan fingerprint density at radius 2 is 1.84 bits per heavy atom. The first-order chi connectivity index (χ1) is 8.78. The van der Waals surface area contributed by atoms with Gasteiger partial charge in [-0.05, 0) is 38.0 Å². The van der Waals surface area contributed by atoms with Crippen molar-refractivity contribution in [3.05, 3.63) is 35.4 Å². The fraction of sp³-hybridized carbons (Fsp3) is 0.571. The van der Waals surface area contributed by atoms with Gasteiger partial charge in [0.2, 0.25) is 0 Å². The van der Waals surface area contributed by atoms with E-state index >= 15 is 0 Å². The van der Waals surface area contributed by atoms with Crippen molar-refractivity contribution in [2.24, 2.45) is 0 Å². The fourth-order valence-corrected chi connectivity index (χ4v) is 2.07. The Morgan fingerprint density at radius 1 is 1.21 bits per heavy atom. The van der Waals surface area contributed by atoms with Crippen molar-refractivity contribution in [2.75, 3.05) is 13.2 Å². The van der Waals surface area contributed by atoms with E-state index in [1.165, 1.54) is 12.1 Å². The van der Waals surface area contributed by atoms with Crippen molar-refractivity contribution >= 4 is 0 Å². The number of benzene rings is 1. The molecule has 1 aliphatic rings. The minimum Gasteiger partial charge on any atom is -0.372 e. The van der Waals surface area contributed by atoms with E-state index in [0.717, 1.165) is 24.1 Å². The first kappa shape index (κ1) is 14.3. The molecule has 0 aromatic heterocycles.